The van der Waals surface area contributed by atoms with Crippen LogP contribution in [-0.4, -0.2) is 18.5 Å². The first kappa shape index (κ1) is 11.8. The molecule has 0 aliphatic heterocycles. The third-order valence-electron chi connectivity index (χ3n) is 3.11. The van der Waals surface area contributed by atoms with Crippen LogP contribution in [-0.2, 0) is 0 Å². The Morgan fingerprint density at radius 1 is 1.47 bits per heavy atom. The minimum absolute atomic E-state index is 0.421. The van der Waals surface area contributed by atoms with Gasteiger partial charge in [-0.25, -0.2) is 0 Å². The lowest BCUT2D eigenvalue weighted by Crippen LogP contribution is -2.28. The zero-order valence-corrected chi connectivity index (χ0v) is 10.1. The molecule has 1 aromatic carbocycles. The lowest BCUT2D eigenvalue weighted by molar-refractivity contribution is 0.100. The first-order valence-electron chi connectivity index (χ1n) is 6.10. The van der Waals surface area contributed by atoms with Crippen LogP contribution in [0.15, 0.2) is 18.2 Å². The SMILES string of the molecule is CCCN(c1cccc(C(N)=O)c1N)C1CC1. The fourth-order valence-corrected chi connectivity index (χ4v) is 2.15. The van der Waals surface area contributed by atoms with E-state index in [1.165, 1.54) is 12.8 Å². The molecule has 92 valence electrons. The molecule has 0 heterocycles. The molecule has 0 saturated heterocycles. The van der Waals surface area contributed by atoms with Crippen LogP contribution in [0.3, 0.4) is 0 Å². The Hall–Kier alpha value is -1.71. The molecule has 4 N–H and O–H groups in total. The van der Waals surface area contributed by atoms with Crippen molar-refractivity contribution in [3.63, 3.8) is 0 Å². The Kier molecular flexibility index (Phi) is 3.22. The molecular weight excluding hydrogens is 214 g/mol. The number of rotatable bonds is 5. The maximum atomic E-state index is 11.3. The van der Waals surface area contributed by atoms with Gasteiger partial charge in [0.2, 0.25) is 0 Å². The molecule has 4 nitrogen and oxygen atoms in total. The van der Waals surface area contributed by atoms with Crippen molar-refractivity contribution in [3.8, 4) is 0 Å². The number of primary amides is 1. The van der Waals surface area contributed by atoms with Crippen LogP contribution in [0.25, 0.3) is 0 Å². The van der Waals surface area contributed by atoms with Gasteiger partial charge in [0.05, 0.1) is 16.9 Å². The number of nitrogen functional groups attached to an aromatic ring is 1. The van der Waals surface area contributed by atoms with Gasteiger partial charge >= 0.3 is 0 Å². The highest BCUT2D eigenvalue weighted by Gasteiger charge is 2.30. The van der Waals surface area contributed by atoms with E-state index in [-0.39, 0.29) is 0 Å². The minimum atomic E-state index is -0.461. The lowest BCUT2D eigenvalue weighted by Gasteiger charge is -2.26. The number of benzene rings is 1. The van der Waals surface area contributed by atoms with E-state index in [2.05, 4.69) is 11.8 Å². The minimum Gasteiger partial charge on any atom is -0.396 e. The number of hydrogen-bond donors (Lipinski definition) is 2. The molecule has 1 aliphatic rings. The van der Waals surface area contributed by atoms with Gasteiger partial charge in [-0.3, -0.25) is 4.79 Å². The van der Waals surface area contributed by atoms with E-state index in [1.807, 2.05) is 12.1 Å². The molecule has 0 atom stereocenters. The van der Waals surface area contributed by atoms with Crippen molar-refractivity contribution in [3.05, 3.63) is 23.8 Å². The highest BCUT2D eigenvalue weighted by atomic mass is 16.1. The summed E-state index contributed by atoms with van der Waals surface area (Å²) in [4.78, 5) is 13.6. The summed E-state index contributed by atoms with van der Waals surface area (Å²) in [6.07, 6.45) is 3.48. The van der Waals surface area contributed by atoms with Gasteiger partial charge in [0, 0.05) is 12.6 Å². The normalized spacial score (nSPS) is 14.6. The summed E-state index contributed by atoms with van der Waals surface area (Å²) in [7, 11) is 0. The van der Waals surface area contributed by atoms with E-state index in [4.69, 9.17) is 11.5 Å². The summed E-state index contributed by atoms with van der Waals surface area (Å²) in [6, 6.07) is 6.07. The van der Waals surface area contributed by atoms with Crippen molar-refractivity contribution < 1.29 is 4.79 Å². The molecule has 2 rings (SSSR count). The molecule has 1 amide bonds. The number of para-hydroxylation sites is 1. The maximum Gasteiger partial charge on any atom is 0.250 e. The maximum absolute atomic E-state index is 11.3. The first-order chi connectivity index (χ1) is 8.15. The Balaban J connectivity index is 2.35. The smallest absolute Gasteiger partial charge is 0.250 e. The van der Waals surface area contributed by atoms with Gasteiger partial charge in [0.15, 0.2) is 0 Å². The quantitative estimate of drug-likeness (QED) is 0.761. The Labute approximate surface area is 102 Å². The predicted octanol–water partition coefficient (Wildman–Crippen LogP) is 1.75. The van der Waals surface area contributed by atoms with Crippen molar-refractivity contribution in [2.45, 2.75) is 32.2 Å². The van der Waals surface area contributed by atoms with Crippen LogP contribution in [0.4, 0.5) is 11.4 Å². The van der Waals surface area contributed by atoms with Crippen molar-refractivity contribution >= 4 is 17.3 Å². The van der Waals surface area contributed by atoms with Crippen molar-refractivity contribution in [2.24, 2.45) is 5.73 Å². The number of amides is 1. The Bertz CT molecular complexity index is 427. The van der Waals surface area contributed by atoms with Crippen LogP contribution in [0.5, 0.6) is 0 Å². The third-order valence-corrected chi connectivity index (χ3v) is 3.11. The van der Waals surface area contributed by atoms with Gasteiger partial charge in [0.1, 0.15) is 0 Å². The van der Waals surface area contributed by atoms with E-state index in [0.717, 1.165) is 18.7 Å². The van der Waals surface area contributed by atoms with E-state index >= 15 is 0 Å². The van der Waals surface area contributed by atoms with Crippen LogP contribution in [0.2, 0.25) is 0 Å². The average molecular weight is 233 g/mol. The molecule has 1 fully saturated rings. The molecule has 1 aliphatic carbocycles. The number of hydrogen-bond acceptors (Lipinski definition) is 3. The van der Waals surface area contributed by atoms with E-state index in [0.29, 0.717) is 17.3 Å². The topological polar surface area (TPSA) is 72.3 Å². The van der Waals surface area contributed by atoms with Crippen molar-refractivity contribution in [2.75, 3.05) is 17.2 Å². The second-order valence-corrected chi connectivity index (χ2v) is 4.53. The number of carbonyl (C=O) groups is 1. The van der Waals surface area contributed by atoms with E-state index < -0.39 is 5.91 Å². The molecule has 4 heteroatoms. The van der Waals surface area contributed by atoms with Crippen LogP contribution in [0, 0.1) is 0 Å². The van der Waals surface area contributed by atoms with Crippen LogP contribution >= 0.6 is 0 Å². The average Bonchev–Trinajstić information content (AvgIpc) is 3.10. The fourth-order valence-electron chi connectivity index (χ4n) is 2.15. The Morgan fingerprint density at radius 2 is 2.18 bits per heavy atom. The van der Waals surface area contributed by atoms with Gasteiger partial charge in [0.25, 0.3) is 5.91 Å². The second kappa shape index (κ2) is 4.65. The van der Waals surface area contributed by atoms with Gasteiger partial charge in [-0.1, -0.05) is 13.0 Å². The summed E-state index contributed by atoms with van der Waals surface area (Å²) in [5.41, 5.74) is 13.2. The zero-order valence-electron chi connectivity index (χ0n) is 10.1. The van der Waals surface area contributed by atoms with Gasteiger partial charge in [-0.05, 0) is 31.4 Å². The summed E-state index contributed by atoms with van der Waals surface area (Å²) in [6.45, 7) is 3.11. The van der Waals surface area contributed by atoms with Crippen molar-refractivity contribution in [1.29, 1.82) is 0 Å². The molecular formula is C13H19N3O. The number of nitrogens with two attached hydrogens (primary N) is 2. The Morgan fingerprint density at radius 3 is 2.71 bits per heavy atom. The number of anilines is 2. The molecule has 0 radical (unpaired) electrons. The molecule has 0 aromatic heterocycles. The van der Waals surface area contributed by atoms with E-state index in [1.54, 1.807) is 6.07 Å². The lowest BCUT2D eigenvalue weighted by atomic mass is 10.1. The van der Waals surface area contributed by atoms with Crippen LogP contribution in [0.1, 0.15) is 36.5 Å². The van der Waals surface area contributed by atoms with Gasteiger partial charge < -0.3 is 16.4 Å². The largest absolute Gasteiger partial charge is 0.396 e. The molecule has 0 spiro atoms. The first-order valence-corrected chi connectivity index (χ1v) is 6.10. The standard InChI is InChI=1S/C13H19N3O/c1-2-8-16(9-6-7-9)11-5-3-4-10(12(11)14)13(15)17/h3-5,9H,2,6-8,14H2,1H3,(H2,15,17). The van der Waals surface area contributed by atoms with E-state index in [9.17, 15) is 4.79 Å². The highest BCUT2D eigenvalue weighted by molar-refractivity contribution is 6.00. The third kappa shape index (κ3) is 2.35. The zero-order chi connectivity index (χ0) is 12.4. The second-order valence-electron chi connectivity index (χ2n) is 4.53. The summed E-state index contributed by atoms with van der Waals surface area (Å²) >= 11 is 0. The summed E-state index contributed by atoms with van der Waals surface area (Å²) in [5, 5.41) is 0. The molecule has 0 unspecified atom stereocenters. The summed E-state index contributed by atoms with van der Waals surface area (Å²) < 4.78 is 0. The monoisotopic (exact) mass is 233 g/mol. The molecule has 1 saturated carbocycles. The molecule has 0 bridgehead atoms. The molecule has 17 heavy (non-hydrogen) atoms. The summed E-state index contributed by atoms with van der Waals surface area (Å²) in [5.74, 6) is -0.461. The predicted molar refractivity (Wildman–Crippen MR) is 70.0 cm³/mol. The van der Waals surface area contributed by atoms with Gasteiger partial charge in [-0.2, -0.15) is 0 Å². The number of carbonyl (C=O) groups excluding carboxylic acids is 1. The van der Waals surface area contributed by atoms with Gasteiger partial charge in [-0.15, -0.1) is 0 Å². The molecule has 1 aromatic rings. The highest BCUT2D eigenvalue weighted by Crippen LogP contribution is 2.36. The number of nitrogens with zero attached hydrogens (tertiary/aromatic N) is 1. The van der Waals surface area contributed by atoms with Crippen molar-refractivity contribution in [1.82, 2.24) is 0 Å². The van der Waals surface area contributed by atoms with Crippen LogP contribution < -0.4 is 16.4 Å². The fraction of sp³-hybridized carbons (Fsp3) is 0.462.